The van der Waals surface area contributed by atoms with Gasteiger partial charge in [0.25, 0.3) is 11.8 Å². The first-order valence-electron chi connectivity index (χ1n) is 9.82. The van der Waals surface area contributed by atoms with E-state index in [2.05, 4.69) is 10.9 Å². The highest BCUT2D eigenvalue weighted by Crippen LogP contribution is 2.30. The zero-order chi connectivity index (χ0) is 23.3. The third-order valence-electron chi connectivity index (χ3n) is 5.01. The Morgan fingerprint density at radius 3 is 1.91 bits per heavy atom. The smallest absolute Gasteiger partial charge is 0.269 e. The summed E-state index contributed by atoms with van der Waals surface area (Å²) in [7, 11) is 0.456. The van der Waals surface area contributed by atoms with Gasteiger partial charge in [0.2, 0.25) is 10.0 Å². The number of benzene rings is 2. The van der Waals surface area contributed by atoms with Crippen molar-refractivity contribution in [2.75, 3.05) is 34.4 Å². The Labute approximate surface area is 186 Å². The van der Waals surface area contributed by atoms with Crippen LogP contribution in [0, 0.1) is 0 Å². The van der Waals surface area contributed by atoms with E-state index in [4.69, 9.17) is 14.2 Å². The molecule has 1 fully saturated rings. The number of nitrogens with zero attached hydrogens (tertiary/aromatic N) is 1. The summed E-state index contributed by atoms with van der Waals surface area (Å²) in [6, 6.07) is 8.64. The molecular weight excluding hydrogens is 438 g/mol. The van der Waals surface area contributed by atoms with Crippen LogP contribution in [0.3, 0.4) is 0 Å². The third kappa shape index (κ3) is 4.94. The van der Waals surface area contributed by atoms with Crippen molar-refractivity contribution in [1.29, 1.82) is 0 Å². The minimum Gasteiger partial charge on any atom is -0.497 e. The molecule has 2 amide bonds. The van der Waals surface area contributed by atoms with E-state index in [9.17, 15) is 18.0 Å². The summed E-state index contributed by atoms with van der Waals surface area (Å²) < 4.78 is 42.8. The lowest BCUT2D eigenvalue weighted by Crippen LogP contribution is -2.41. The SMILES string of the molecule is COc1cc(OC)cc(C(=O)NNC(=O)c2ccc(OC)c(S(=O)(=O)N3CCCC3)c2)c1. The molecule has 0 saturated carbocycles. The lowest BCUT2D eigenvalue weighted by atomic mass is 10.2. The van der Waals surface area contributed by atoms with Crippen molar-refractivity contribution in [3.05, 3.63) is 47.5 Å². The molecule has 3 rings (SSSR count). The molecule has 2 aromatic carbocycles. The molecular formula is C21H25N3O7S. The first kappa shape index (κ1) is 23.4. The number of amides is 2. The van der Waals surface area contributed by atoms with Gasteiger partial charge in [-0.05, 0) is 43.2 Å². The van der Waals surface area contributed by atoms with Crippen LogP contribution in [-0.4, -0.2) is 59.0 Å². The Morgan fingerprint density at radius 1 is 0.812 bits per heavy atom. The van der Waals surface area contributed by atoms with Crippen molar-refractivity contribution in [1.82, 2.24) is 15.2 Å². The molecule has 11 heteroatoms. The van der Waals surface area contributed by atoms with Crippen LogP contribution in [0.15, 0.2) is 41.3 Å². The van der Waals surface area contributed by atoms with E-state index in [1.807, 2.05) is 0 Å². The van der Waals surface area contributed by atoms with E-state index >= 15 is 0 Å². The molecule has 1 aliphatic rings. The van der Waals surface area contributed by atoms with E-state index in [-0.39, 0.29) is 21.8 Å². The molecule has 2 N–H and O–H groups in total. The molecule has 1 aliphatic heterocycles. The predicted octanol–water partition coefficient (Wildman–Crippen LogP) is 1.57. The summed E-state index contributed by atoms with van der Waals surface area (Å²) in [6.07, 6.45) is 1.56. The van der Waals surface area contributed by atoms with Crippen LogP contribution < -0.4 is 25.1 Å². The molecule has 0 radical (unpaired) electrons. The van der Waals surface area contributed by atoms with Crippen molar-refractivity contribution >= 4 is 21.8 Å². The Balaban J connectivity index is 1.78. The molecule has 10 nitrogen and oxygen atoms in total. The van der Waals surface area contributed by atoms with Crippen LogP contribution in [-0.2, 0) is 10.0 Å². The number of hydrazine groups is 1. The summed E-state index contributed by atoms with van der Waals surface area (Å²) in [5, 5.41) is 0. The second-order valence-electron chi connectivity index (χ2n) is 6.99. The van der Waals surface area contributed by atoms with Gasteiger partial charge in [0, 0.05) is 30.3 Å². The summed E-state index contributed by atoms with van der Waals surface area (Å²) in [5.41, 5.74) is 4.84. The number of hydrogen-bond acceptors (Lipinski definition) is 7. The van der Waals surface area contributed by atoms with Gasteiger partial charge >= 0.3 is 0 Å². The first-order chi connectivity index (χ1) is 15.3. The molecule has 0 aromatic heterocycles. The van der Waals surface area contributed by atoms with Gasteiger partial charge < -0.3 is 14.2 Å². The highest BCUT2D eigenvalue weighted by molar-refractivity contribution is 7.89. The zero-order valence-electron chi connectivity index (χ0n) is 18.0. The minimum atomic E-state index is -3.81. The molecule has 2 aromatic rings. The van der Waals surface area contributed by atoms with Gasteiger partial charge in [-0.3, -0.25) is 20.4 Å². The van der Waals surface area contributed by atoms with Crippen LogP contribution in [0.4, 0.5) is 0 Å². The molecule has 0 aliphatic carbocycles. The van der Waals surface area contributed by atoms with Gasteiger partial charge in [0.1, 0.15) is 22.1 Å². The van der Waals surface area contributed by atoms with Crippen LogP contribution in [0.5, 0.6) is 17.2 Å². The van der Waals surface area contributed by atoms with Gasteiger partial charge in [-0.15, -0.1) is 0 Å². The summed E-state index contributed by atoms with van der Waals surface area (Å²) in [4.78, 5) is 25.0. The maximum Gasteiger partial charge on any atom is 0.269 e. The van der Waals surface area contributed by atoms with Gasteiger partial charge in [-0.2, -0.15) is 4.31 Å². The minimum absolute atomic E-state index is 0.0482. The molecule has 0 atom stereocenters. The van der Waals surface area contributed by atoms with E-state index in [1.54, 1.807) is 6.07 Å². The van der Waals surface area contributed by atoms with Gasteiger partial charge in [-0.25, -0.2) is 8.42 Å². The van der Waals surface area contributed by atoms with Gasteiger partial charge in [-0.1, -0.05) is 0 Å². The Morgan fingerprint density at radius 2 is 1.38 bits per heavy atom. The molecule has 0 unspecified atom stereocenters. The lowest BCUT2D eigenvalue weighted by Gasteiger charge is -2.18. The summed E-state index contributed by atoms with van der Waals surface area (Å²) >= 11 is 0. The average Bonchev–Trinajstić information content (AvgIpc) is 3.37. The van der Waals surface area contributed by atoms with E-state index in [1.165, 1.54) is 56.0 Å². The number of hydrogen-bond donors (Lipinski definition) is 2. The second-order valence-corrected chi connectivity index (χ2v) is 8.89. The number of methoxy groups -OCH3 is 3. The number of ether oxygens (including phenoxy) is 3. The van der Waals surface area contributed by atoms with Crippen LogP contribution in [0.2, 0.25) is 0 Å². The summed E-state index contributed by atoms with van der Waals surface area (Å²) in [5.74, 6) is -0.329. The molecule has 1 saturated heterocycles. The zero-order valence-corrected chi connectivity index (χ0v) is 18.8. The standard InChI is InChI=1S/C21H25N3O7S/c1-29-16-10-15(11-17(13-16)30-2)21(26)23-22-20(25)14-6-7-18(31-3)19(12-14)32(27,28)24-8-4-5-9-24/h6-7,10-13H,4-5,8-9H2,1-3H3,(H,22,25)(H,23,26). The molecule has 1 heterocycles. The normalized spacial score (nSPS) is 14.0. The molecule has 172 valence electrons. The van der Waals surface area contributed by atoms with Gasteiger partial charge in [0.15, 0.2) is 0 Å². The highest BCUT2D eigenvalue weighted by Gasteiger charge is 2.30. The average molecular weight is 464 g/mol. The highest BCUT2D eigenvalue weighted by atomic mass is 32.2. The number of carbonyl (C=O) groups is 2. The fourth-order valence-corrected chi connectivity index (χ4v) is 4.98. The Bertz CT molecular complexity index is 1090. The number of nitrogens with one attached hydrogen (secondary N) is 2. The monoisotopic (exact) mass is 463 g/mol. The molecule has 0 bridgehead atoms. The maximum atomic E-state index is 13.0. The number of carbonyl (C=O) groups excluding carboxylic acids is 2. The quantitative estimate of drug-likeness (QED) is 0.598. The Hall–Kier alpha value is -3.31. The number of sulfonamides is 1. The van der Waals surface area contributed by atoms with Crippen LogP contribution >= 0.6 is 0 Å². The fraction of sp³-hybridized carbons (Fsp3) is 0.333. The van der Waals surface area contributed by atoms with Crippen molar-refractivity contribution < 1.29 is 32.2 Å². The van der Waals surface area contributed by atoms with Crippen LogP contribution in [0.25, 0.3) is 0 Å². The van der Waals surface area contributed by atoms with Crippen LogP contribution in [0.1, 0.15) is 33.6 Å². The second kappa shape index (κ2) is 9.88. The molecule has 0 spiro atoms. The fourth-order valence-electron chi connectivity index (χ4n) is 3.28. The summed E-state index contributed by atoms with van der Waals surface area (Å²) in [6.45, 7) is 0.837. The molecule has 32 heavy (non-hydrogen) atoms. The maximum absolute atomic E-state index is 13.0. The Kier molecular flexibility index (Phi) is 7.21. The third-order valence-corrected chi connectivity index (χ3v) is 6.93. The van der Waals surface area contributed by atoms with E-state index in [0.717, 1.165) is 12.8 Å². The van der Waals surface area contributed by atoms with Gasteiger partial charge in [0.05, 0.1) is 21.3 Å². The van der Waals surface area contributed by atoms with Crippen molar-refractivity contribution in [3.63, 3.8) is 0 Å². The van der Waals surface area contributed by atoms with Crippen molar-refractivity contribution in [2.24, 2.45) is 0 Å². The first-order valence-corrected chi connectivity index (χ1v) is 11.3. The predicted molar refractivity (Wildman–Crippen MR) is 115 cm³/mol. The van der Waals surface area contributed by atoms with Crippen molar-refractivity contribution in [3.8, 4) is 17.2 Å². The largest absolute Gasteiger partial charge is 0.497 e. The number of rotatable bonds is 7. The van der Waals surface area contributed by atoms with E-state index < -0.39 is 21.8 Å². The van der Waals surface area contributed by atoms with E-state index in [0.29, 0.717) is 24.6 Å². The van der Waals surface area contributed by atoms with Crippen molar-refractivity contribution in [2.45, 2.75) is 17.7 Å². The lowest BCUT2D eigenvalue weighted by molar-refractivity contribution is 0.0846. The topological polar surface area (TPSA) is 123 Å².